The van der Waals surface area contributed by atoms with E-state index in [-0.39, 0.29) is 35.1 Å². The van der Waals surface area contributed by atoms with Crippen LogP contribution in [0, 0.1) is 0 Å². The highest BCUT2D eigenvalue weighted by atomic mass is 35.5. The molecule has 0 aliphatic heterocycles. The van der Waals surface area contributed by atoms with Crippen LogP contribution in [0.15, 0.2) is 72.8 Å². The molecular weight excluding hydrogens is 440 g/mol. The molecule has 2 amide bonds. The molecule has 6 nitrogen and oxygen atoms in total. The second kappa shape index (κ2) is 11.9. The summed E-state index contributed by atoms with van der Waals surface area (Å²) in [5.41, 5.74) is 7.75. The smallest absolute Gasteiger partial charge is 0.255 e. The van der Waals surface area contributed by atoms with Crippen molar-refractivity contribution in [3.63, 3.8) is 0 Å². The van der Waals surface area contributed by atoms with Crippen molar-refractivity contribution >= 4 is 23.4 Å². The van der Waals surface area contributed by atoms with Gasteiger partial charge in [0.25, 0.3) is 11.8 Å². The molecular formula is C26H27ClN2O4. The van der Waals surface area contributed by atoms with E-state index in [2.05, 4.69) is 17.4 Å². The van der Waals surface area contributed by atoms with Gasteiger partial charge >= 0.3 is 0 Å². The number of amides is 2. The lowest BCUT2D eigenvalue weighted by Gasteiger charge is -2.20. The van der Waals surface area contributed by atoms with Gasteiger partial charge < -0.3 is 20.5 Å². The minimum absolute atomic E-state index is 0.154. The standard InChI is InChI=1S/C26H27ClN2O4/c1-32-23-16-20(15-21(27)25(23)33-17-24(28)30)26(31)29-22(19-12-6-3-7-13-19)14-8-11-18-9-4-2-5-10-18/h2-7,9-10,12-13,15-16,22H,8,11,14,17H2,1H3,(H2,28,30)(H,29,31). The molecule has 0 bridgehead atoms. The van der Waals surface area contributed by atoms with E-state index in [0.29, 0.717) is 5.56 Å². The lowest BCUT2D eigenvalue weighted by atomic mass is 9.98. The number of nitrogens with two attached hydrogens (primary N) is 1. The zero-order chi connectivity index (χ0) is 23.6. The van der Waals surface area contributed by atoms with Crippen molar-refractivity contribution in [2.75, 3.05) is 13.7 Å². The third kappa shape index (κ3) is 6.99. The monoisotopic (exact) mass is 466 g/mol. The van der Waals surface area contributed by atoms with Gasteiger partial charge in [0.1, 0.15) is 0 Å². The Kier molecular flexibility index (Phi) is 8.72. The van der Waals surface area contributed by atoms with Crippen LogP contribution < -0.4 is 20.5 Å². The van der Waals surface area contributed by atoms with Crippen LogP contribution in [0.4, 0.5) is 0 Å². The van der Waals surface area contributed by atoms with E-state index in [4.69, 9.17) is 26.8 Å². The normalized spacial score (nSPS) is 11.5. The molecule has 0 heterocycles. The van der Waals surface area contributed by atoms with Gasteiger partial charge in [0.15, 0.2) is 18.1 Å². The topological polar surface area (TPSA) is 90.7 Å². The Morgan fingerprint density at radius 3 is 2.33 bits per heavy atom. The molecule has 0 saturated heterocycles. The van der Waals surface area contributed by atoms with Crippen LogP contribution in [0.5, 0.6) is 11.5 Å². The molecule has 33 heavy (non-hydrogen) atoms. The SMILES string of the molecule is COc1cc(C(=O)NC(CCCc2ccccc2)c2ccccc2)cc(Cl)c1OCC(N)=O. The molecule has 0 aromatic heterocycles. The van der Waals surface area contributed by atoms with Gasteiger partial charge in [0.2, 0.25) is 0 Å². The van der Waals surface area contributed by atoms with Crippen LogP contribution in [0.25, 0.3) is 0 Å². The summed E-state index contributed by atoms with van der Waals surface area (Å²) in [4.78, 5) is 24.2. The first-order valence-electron chi connectivity index (χ1n) is 10.7. The average Bonchev–Trinajstić information content (AvgIpc) is 2.83. The first-order valence-corrected chi connectivity index (χ1v) is 11.0. The van der Waals surface area contributed by atoms with Gasteiger partial charge in [0.05, 0.1) is 18.2 Å². The van der Waals surface area contributed by atoms with Crippen LogP contribution in [-0.2, 0) is 11.2 Å². The molecule has 0 saturated carbocycles. The van der Waals surface area contributed by atoms with Crippen molar-refractivity contribution in [1.82, 2.24) is 5.32 Å². The van der Waals surface area contributed by atoms with Gasteiger partial charge in [-0.3, -0.25) is 9.59 Å². The number of ether oxygens (including phenoxy) is 2. The van der Waals surface area contributed by atoms with Crippen LogP contribution in [0.1, 0.15) is 40.4 Å². The number of hydrogen-bond acceptors (Lipinski definition) is 4. The number of benzene rings is 3. The quantitative estimate of drug-likeness (QED) is 0.428. The molecule has 0 fully saturated rings. The highest BCUT2D eigenvalue weighted by molar-refractivity contribution is 6.32. The molecule has 0 spiro atoms. The molecule has 0 aliphatic carbocycles. The molecule has 0 aliphatic rings. The number of primary amides is 1. The molecule has 3 rings (SSSR count). The molecule has 3 aromatic rings. The molecule has 1 unspecified atom stereocenters. The van der Waals surface area contributed by atoms with Crippen molar-refractivity contribution in [3.05, 3.63) is 94.5 Å². The van der Waals surface area contributed by atoms with Gasteiger partial charge in [-0.05, 0) is 42.5 Å². The fraction of sp³-hybridized carbons (Fsp3) is 0.231. The molecule has 0 radical (unpaired) electrons. The second-order valence-electron chi connectivity index (χ2n) is 7.56. The van der Waals surface area contributed by atoms with Gasteiger partial charge in [-0.25, -0.2) is 0 Å². The molecule has 7 heteroatoms. The first kappa shape index (κ1) is 24.1. The summed E-state index contributed by atoms with van der Waals surface area (Å²) in [6.07, 6.45) is 2.61. The summed E-state index contributed by atoms with van der Waals surface area (Å²) < 4.78 is 10.6. The number of carbonyl (C=O) groups is 2. The highest BCUT2D eigenvalue weighted by Gasteiger charge is 2.20. The van der Waals surface area contributed by atoms with E-state index >= 15 is 0 Å². The predicted octanol–water partition coefficient (Wildman–Crippen LogP) is 4.71. The summed E-state index contributed by atoms with van der Waals surface area (Å²) in [6, 6.07) is 23.0. The summed E-state index contributed by atoms with van der Waals surface area (Å²) in [5.74, 6) is -0.521. The van der Waals surface area contributed by atoms with Crippen molar-refractivity contribution in [1.29, 1.82) is 0 Å². The Morgan fingerprint density at radius 1 is 1.03 bits per heavy atom. The Morgan fingerprint density at radius 2 is 1.70 bits per heavy atom. The van der Waals surface area contributed by atoms with Gasteiger partial charge in [-0.1, -0.05) is 72.3 Å². The van der Waals surface area contributed by atoms with E-state index in [9.17, 15) is 9.59 Å². The number of halogens is 1. The Labute approximate surface area is 198 Å². The van der Waals surface area contributed by atoms with Crippen molar-refractivity contribution in [2.24, 2.45) is 5.73 Å². The summed E-state index contributed by atoms with van der Waals surface area (Å²) in [5, 5.41) is 3.27. The van der Waals surface area contributed by atoms with Gasteiger partial charge in [-0.2, -0.15) is 0 Å². The fourth-order valence-electron chi connectivity index (χ4n) is 3.54. The second-order valence-corrected chi connectivity index (χ2v) is 7.97. The largest absolute Gasteiger partial charge is 0.493 e. The summed E-state index contributed by atoms with van der Waals surface area (Å²) in [7, 11) is 1.43. The third-order valence-electron chi connectivity index (χ3n) is 5.16. The number of nitrogens with one attached hydrogen (secondary N) is 1. The van der Waals surface area contributed by atoms with Crippen molar-refractivity contribution in [3.8, 4) is 11.5 Å². The summed E-state index contributed by atoms with van der Waals surface area (Å²) in [6.45, 7) is -0.348. The van der Waals surface area contributed by atoms with E-state index < -0.39 is 5.91 Å². The number of carbonyl (C=O) groups excluding carboxylic acids is 2. The lowest BCUT2D eigenvalue weighted by Crippen LogP contribution is -2.28. The zero-order valence-corrected chi connectivity index (χ0v) is 19.2. The maximum absolute atomic E-state index is 13.1. The third-order valence-corrected chi connectivity index (χ3v) is 5.44. The van der Waals surface area contributed by atoms with E-state index in [1.165, 1.54) is 24.8 Å². The van der Waals surface area contributed by atoms with Gasteiger partial charge in [-0.15, -0.1) is 0 Å². The number of rotatable bonds is 11. The summed E-state index contributed by atoms with van der Waals surface area (Å²) >= 11 is 6.31. The maximum Gasteiger partial charge on any atom is 0.255 e. The highest BCUT2D eigenvalue weighted by Crippen LogP contribution is 2.36. The Hall–Kier alpha value is -3.51. The minimum Gasteiger partial charge on any atom is -0.493 e. The molecule has 1 atom stereocenters. The molecule has 3 aromatic carbocycles. The van der Waals surface area contributed by atoms with Crippen molar-refractivity contribution < 1.29 is 19.1 Å². The van der Waals surface area contributed by atoms with Gasteiger partial charge in [0, 0.05) is 5.56 Å². The Balaban J connectivity index is 1.75. The van der Waals surface area contributed by atoms with E-state index in [0.717, 1.165) is 24.8 Å². The Bertz CT molecular complexity index is 1070. The average molecular weight is 467 g/mol. The van der Waals surface area contributed by atoms with E-state index in [1.807, 2.05) is 48.5 Å². The zero-order valence-electron chi connectivity index (χ0n) is 18.4. The van der Waals surface area contributed by atoms with Crippen molar-refractivity contribution in [2.45, 2.75) is 25.3 Å². The first-order chi connectivity index (χ1) is 16.0. The fourth-order valence-corrected chi connectivity index (χ4v) is 3.80. The molecule has 3 N–H and O–H groups in total. The van der Waals surface area contributed by atoms with E-state index in [1.54, 1.807) is 0 Å². The lowest BCUT2D eigenvalue weighted by molar-refractivity contribution is -0.119. The molecule has 172 valence electrons. The van der Waals surface area contributed by atoms with Crippen LogP contribution >= 0.6 is 11.6 Å². The maximum atomic E-state index is 13.1. The number of methoxy groups -OCH3 is 1. The number of aryl methyl sites for hydroxylation is 1. The van der Waals surface area contributed by atoms with Crippen LogP contribution in [0.2, 0.25) is 5.02 Å². The van der Waals surface area contributed by atoms with Crippen LogP contribution in [-0.4, -0.2) is 25.5 Å². The predicted molar refractivity (Wildman–Crippen MR) is 129 cm³/mol. The minimum atomic E-state index is -0.642. The number of hydrogen-bond donors (Lipinski definition) is 2. The van der Waals surface area contributed by atoms with Crippen LogP contribution in [0.3, 0.4) is 0 Å².